The average molecular weight is 298 g/mol. The second-order valence-electron chi connectivity index (χ2n) is 6.55. The van der Waals surface area contributed by atoms with E-state index in [1.54, 1.807) is 12.1 Å². The maximum atomic E-state index is 12.6. The van der Waals surface area contributed by atoms with Crippen LogP contribution in [0.15, 0.2) is 24.3 Å². The number of nitrogens with one attached hydrogen (secondary N) is 1. The van der Waals surface area contributed by atoms with E-state index in [4.69, 9.17) is 4.74 Å². The van der Waals surface area contributed by atoms with E-state index in [1.165, 1.54) is 0 Å². The highest BCUT2D eigenvalue weighted by Gasteiger charge is 2.35. The molecule has 0 aliphatic carbocycles. The van der Waals surface area contributed by atoms with Gasteiger partial charge in [0.2, 0.25) is 0 Å². The molecule has 3 nitrogen and oxygen atoms in total. The molecule has 2 rings (SSSR count). The SMILES string of the molecule is CC(C)C1CNC(C)(C)CN1c1ccccc1OC(F)F. The Bertz CT molecular complexity index is 477. The minimum absolute atomic E-state index is 0.0661. The number of rotatable bonds is 4. The number of hydrogen-bond acceptors (Lipinski definition) is 3. The van der Waals surface area contributed by atoms with Crippen LogP contribution in [-0.4, -0.2) is 31.3 Å². The van der Waals surface area contributed by atoms with Gasteiger partial charge in [0.1, 0.15) is 5.75 Å². The molecule has 1 saturated heterocycles. The van der Waals surface area contributed by atoms with Crippen LogP contribution in [-0.2, 0) is 0 Å². The first-order valence-electron chi connectivity index (χ1n) is 7.36. The first-order valence-corrected chi connectivity index (χ1v) is 7.36. The molecule has 0 spiro atoms. The lowest BCUT2D eigenvalue weighted by Gasteiger charge is -2.47. The zero-order valence-electron chi connectivity index (χ0n) is 13.1. The number of benzene rings is 1. The molecule has 0 bridgehead atoms. The van der Waals surface area contributed by atoms with Crippen molar-refractivity contribution in [3.63, 3.8) is 0 Å². The fourth-order valence-corrected chi connectivity index (χ4v) is 2.84. The monoisotopic (exact) mass is 298 g/mol. The van der Waals surface area contributed by atoms with Gasteiger partial charge in [-0.25, -0.2) is 0 Å². The predicted octanol–water partition coefficient (Wildman–Crippen LogP) is 3.50. The molecule has 1 fully saturated rings. The Hall–Kier alpha value is -1.36. The molecular weight excluding hydrogens is 274 g/mol. The highest BCUT2D eigenvalue weighted by atomic mass is 19.3. The Balaban J connectivity index is 2.36. The second-order valence-corrected chi connectivity index (χ2v) is 6.55. The predicted molar refractivity (Wildman–Crippen MR) is 81.1 cm³/mol. The van der Waals surface area contributed by atoms with Crippen molar-refractivity contribution in [3.05, 3.63) is 24.3 Å². The number of anilines is 1. The number of hydrogen-bond donors (Lipinski definition) is 1. The van der Waals surface area contributed by atoms with Crippen molar-refractivity contribution in [3.8, 4) is 5.75 Å². The molecular formula is C16H24F2N2O. The fraction of sp³-hybridized carbons (Fsp3) is 0.625. The zero-order valence-corrected chi connectivity index (χ0v) is 13.1. The summed E-state index contributed by atoms with van der Waals surface area (Å²) in [5.74, 6) is 0.657. The lowest BCUT2D eigenvalue weighted by molar-refractivity contribution is -0.0496. The van der Waals surface area contributed by atoms with Gasteiger partial charge in [0.15, 0.2) is 0 Å². The van der Waals surface area contributed by atoms with Crippen LogP contribution in [0.5, 0.6) is 5.75 Å². The van der Waals surface area contributed by atoms with Crippen LogP contribution >= 0.6 is 0 Å². The van der Waals surface area contributed by atoms with Crippen molar-refractivity contribution in [2.24, 2.45) is 5.92 Å². The number of halogens is 2. The van der Waals surface area contributed by atoms with E-state index in [9.17, 15) is 8.78 Å². The van der Waals surface area contributed by atoms with Crippen LogP contribution < -0.4 is 15.0 Å². The summed E-state index contributed by atoms with van der Waals surface area (Å²) >= 11 is 0. The van der Waals surface area contributed by atoms with Gasteiger partial charge in [-0.3, -0.25) is 0 Å². The van der Waals surface area contributed by atoms with Crippen LogP contribution in [0.25, 0.3) is 0 Å². The van der Waals surface area contributed by atoms with Gasteiger partial charge in [0.05, 0.1) is 5.69 Å². The Kier molecular flexibility index (Phi) is 4.71. The maximum Gasteiger partial charge on any atom is 0.387 e. The van der Waals surface area contributed by atoms with Crippen LogP contribution in [0.3, 0.4) is 0 Å². The molecule has 1 N–H and O–H groups in total. The molecule has 0 aromatic heterocycles. The third-order valence-corrected chi connectivity index (χ3v) is 3.92. The van der Waals surface area contributed by atoms with Gasteiger partial charge >= 0.3 is 6.61 Å². The maximum absolute atomic E-state index is 12.6. The molecule has 0 radical (unpaired) electrons. The summed E-state index contributed by atoms with van der Waals surface area (Å²) in [4.78, 5) is 2.19. The Morgan fingerprint density at radius 1 is 1.29 bits per heavy atom. The molecule has 1 unspecified atom stereocenters. The summed E-state index contributed by atoms with van der Waals surface area (Å²) < 4.78 is 29.9. The van der Waals surface area contributed by atoms with E-state index in [0.717, 1.165) is 18.8 Å². The van der Waals surface area contributed by atoms with Gasteiger partial charge < -0.3 is 15.0 Å². The molecule has 0 saturated carbocycles. The third-order valence-electron chi connectivity index (χ3n) is 3.92. The minimum atomic E-state index is -2.81. The van der Waals surface area contributed by atoms with Gasteiger partial charge in [-0.15, -0.1) is 0 Å². The molecule has 1 aliphatic rings. The fourth-order valence-electron chi connectivity index (χ4n) is 2.84. The Morgan fingerprint density at radius 3 is 2.57 bits per heavy atom. The van der Waals surface area contributed by atoms with Gasteiger partial charge in [0, 0.05) is 24.7 Å². The van der Waals surface area contributed by atoms with E-state index in [1.807, 2.05) is 12.1 Å². The second kappa shape index (κ2) is 6.18. The van der Waals surface area contributed by atoms with Crippen LogP contribution in [0.4, 0.5) is 14.5 Å². The third kappa shape index (κ3) is 3.84. The molecule has 1 heterocycles. The zero-order chi connectivity index (χ0) is 15.6. The Morgan fingerprint density at radius 2 is 1.95 bits per heavy atom. The minimum Gasteiger partial charge on any atom is -0.433 e. The summed E-state index contributed by atoms with van der Waals surface area (Å²) in [5, 5.41) is 3.52. The van der Waals surface area contributed by atoms with E-state index < -0.39 is 6.61 Å². The quantitative estimate of drug-likeness (QED) is 0.920. The highest BCUT2D eigenvalue weighted by Crippen LogP contribution is 2.34. The van der Waals surface area contributed by atoms with Crippen molar-refractivity contribution >= 4 is 5.69 Å². The van der Waals surface area contributed by atoms with Crippen molar-refractivity contribution in [2.45, 2.75) is 45.9 Å². The van der Waals surface area contributed by atoms with Crippen molar-refractivity contribution < 1.29 is 13.5 Å². The summed E-state index contributed by atoms with van der Waals surface area (Å²) in [6.07, 6.45) is 0. The Labute approximate surface area is 125 Å². The van der Waals surface area contributed by atoms with Gasteiger partial charge in [0.25, 0.3) is 0 Å². The van der Waals surface area contributed by atoms with Gasteiger partial charge in [-0.1, -0.05) is 26.0 Å². The number of alkyl halides is 2. The molecule has 21 heavy (non-hydrogen) atoms. The smallest absolute Gasteiger partial charge is 0.387 e. The van der Waals surface area contributed by atoms with Crippen LogP contribution in [0, 0.1) is 5.92 Å². The molecule has 1 aromatic rings. The lowest BCUT2D eigenvalue weighted by Crippen LogP contribution is -2.63. The van der Waals surface area contributed by atoms with Crippen LogP contribution in [0.1, 0.15) is 27.7 Å². The van der Waals surface area contributed by atoms with E-state index >= 15 is 0 Å². The van der Waals surface area contributed by atoms with Crippen molar-refractivity contribution in [1.29, 1.82) is 0 Å². The van der Waals surface area contributed by atoms with Crippen molar-refractivity contribution in [1.82, 2.24) is 5.32 Å². The summed E-state index contributed by atoms with van der Waals surface area (Å²) in [5.41, 5.74) is 0.676. The molecule has 5 heteroatoms. The summed E-state index contributed by atoms with van der Waals surface area (Å²) in [6.45, 7) is 7.30. The first-order chi connectivity index (χ1) is 9.80. The normalized spacial score (nSPS) is 21.9. The van der Waals surface area contributed by atoms with E-state index in [0.29, 0.717) is 5.92 Å². The van der Waals surface area contributed by atoms with Crippen LogP contribution in [0.2, 0.25) is 0 Å². The number of ether oxygens (including phenoxy) is 1. The molecule has 1 atom stereocenters. The molecule has 1 aromatic carbocycles. The standard InChI is InChI=1S/C16H24F2N2O/c1-11(2)13-9-19-16(3,4)10-20(13)12-7-5-6-8-14(12)21-15(17)18/h5-8,11,13,15,19H,9-10H2,1-4H3. The van der Waals surface area contributed by atoms with E-state index in [2.05, 4.69) is 37.9 Å². The van der Waals surface area contributed by atoms with E-state index in [-0.39, 0.29) is 17.3 Å². The number of nitrogens with zero attached hydrogens (tertiary/aromatic N) is 1. The first kappa shape index (κ1) is 16.0. The summed E-state index contributed by atoms with van der Waals surface area (Å²) in [7, 11) is 0. The average Bonchev–Trinajstić information content (AvgIpc) is 2.37. The molecule has 0 amide bonds. The van der Waals surface area contributed by atoms with Crippen molar-refractivity contribution in [2.75, 3.05) is 18.0 Å². The van der Waals surface area contributed by atoms with Gasteiger partial charge in [-0.05, 0) is 31.9 Å². The number of piperazine rings is 1. The summed E-state index contributed by atoms with van der Waals surface area (Å²) in [6, 6.07) is 7.29. The lowest BCUT2D eigenvalue weighted by atomic mass is 9.92. The molecule has 1 aliphatic heterocycles. The largest absolute Gasteiger partial charge is 0.433 e. The topological polar surface area (TPSA) is 24.5 Å². The number of para-hydroxylation sites is 2. The molecule has 118 valence electrons. The van der Waals surface area contributed by atoms with Gasteiger partial charge in [-0.2, -0.15) is 8.78 Å². The highest BCUT2D eigenvalue weighted by molar-refractivity contribution is 5.60.